The summed E-state index contributed by atoms with van der Waals surface area (Å²) < 4.78 is 64.5. The summed E-state index contributed by atoms with van der Waals surface area (Å²) in [7, 11) is -7.75. The third-order valence-corrected chi connectivity index (χ3v) is 12.2. The molecule has 4 aliphatic rings. The standard InChI is InChI=1S/C15H23S.C9H12O8S2/c1-15(2,3)13-7-9-14(10-8-13)16-11-5-4-6-12-16;10-7(3-18(11,12)13)16-8-4-1-5-6(2-4)19(14,15)17-9(5)8/h7-10H,4-6,11-12H2,1-3H3;4-6,8-9H,1-3H2,(H,11,12,13)/q+1;/p-1. The highest BCUT2D eigenvalue weighted by Crippen LogP contribution is 2.55. The maximum Gasteiger partial charge on any atom is 0.320 e. The molecule has 0 spiro atoms. The smallest absolute Gasteiger partial charge is 0.320 e. The van der Waals surface area contributed by atoms with Gasteiger partial charge < -0.3 is 9.29 Å². The van der Waals surface area contributed by atoms with Crippen molar-refractivity contribution in [1.82, 2.24) is 0 Å². The zero-order valence-corrected chi connectivity index (χ0v) is 22.8. The van der Waals surface area contributed by atoms with E-state index in [4.69, 9.17) is 8.92 Å². The first-order valence-electron chi connectivity index (χ1n) is 12.1. The van der Waals surface area contributed by atoms with Gasteiger partial charge in [-0.25, -0.2) is 8.42 Å². The van der Waals surface area contributed by atoms with Crippen molar-refractivity contribution in [1.29, 1.82) is 0 Å². The molecule has 0 radical (unpaired) electrons. The van der Waals surface area contributed by atoms with E-state index in [9.17, 15) is 26.2 Å². The predicted octanol–water partition coefficient (Wildman–Crippen LogP) is 2.73. The molecule has 2 heterocycles. The Labute approximate surface area is 211 Å². The van der Waals surface area contributed by atoms with Crippen LogP contribution >= 0.6 is 0 Å². The molecule has 2 aliphatic carbocycles. The average molecular weight is 547 g/mol. The summed E-state index contributed by atoms with van der Waals surface area (Å²) in [4.78, 5) is 12.9. The quantitative estimate of drug-likeness (QED) is 0.244. The van der Waals surface area contributed by atoms with Gasteiger partial charge in [0, 0.05) is 22.7 Å². The van der Waals surface area contributed by atoms with Crippen molar-refractivity contribution in [2.45, 2.75) is 80.6 Å². The Morgan fingerprint density at radius 2 is 1.74 bits per heavy atom. The van der Waals surface area contributed by atoms with Crippen LogP contribution in [0.1, 0.15) is 58.4 Å². The molecule has 35 heavy (non-hydrogen) atoms. The topological polar surface area (TPSA) is 127 Å². The van der Waals surface area contributed by atoms with Crippen molar-refractivity contribution in [2.24, 2.45) is 11.8 Å². The van der Waals surface area contributed by atoms with Gasteiger partial charge in [0.05, 0.1) is 5.25 Å². The summed E-state index contributed by atoms with van der Waals surface area (Å²) in [5.74, 6) is 0.109. The SMILES string of the molecule is CC(C)(C)c1ccc([S+]2CCCCC2)cc1.O=C(CS(=O)(=O)[O-])OC1C2CC3C1OS(=O)(=O)C3C2. The van der Waals surface area contributed by atoms with E-state index in [1.807, 2.05) is 0 Å². The van der Waals surface area contributed by atoms with Gasteiger partial charge in [-0.2, -0.15) is 8.42 Å². The highest BCUT2D eigenvalue weighted by molar-refractivity contribution is 7.97. The molecular formula is C24H34O8S3. The summed E-state index contributed by atoms with van der Waals surface area (Å²) in [6.45, 7) is 6.85. The second-order valence-electron chi connectivity index (χ2n) is 10.9. The van der Waals surface area contributed by atoms with Gasteiger partial charge in [-0.1, -0.05) is 32.9 Å². The van der Waals surface area contributed by atoms with Gasteiger partial charge >= 0.3 is 5.97 Å². The van der Waals surface area contributed by atoms with E-state index >= 15 is 0 Å². The lowest BCUT2D eigenvalue weighted by atomic mass is 9.87. The lowest BCUT2D eigenvalue weighted by Gasteiger charge is -2.25. The number of fused-ring (bicyclic) bond motifs is 1. The fourth-order valence-electron chi connectivity index (χ4n) is 5.59. The van der Waals surface area contributed by atoms with E-state index in [0.29, 0.717) is 23.7 Å². The van der Waals surface area contributed by atoms with Crippen LogP contribution in [-0.4, -0.2) is 62.1 Å². The molecule has 2 bridgehead atoms. The largest absolute Gasteiger partial charge is 0.748 e. The van der Waals surface area contributed by atoms with E-state index < -0.39 is 49.4 Å². The Kier molecular flexibility index (Phi) is 7.66. The number of benzene rings is 1. The first-order valence-corrected chi connectivity index (χ1v) is 16.7. The van der Waals surface area contributed by atoms with E-state index in [-0.39, 0.29) is 17.3 Å². The Balaban J connectivity index is 0.000000168. The zero-order chi connectivity index (χ0) is 25.6. The van der Waals surface area contributed by atoms with Crippen molar-refractivity contribution >= 4 is 37.1 Å². The van der Waals surface area contributed by atoms with Gasteiger partial charge in [0.1, 0.15) is 39.6 Å². The van der Waals surface area contributed by atoms with E-state index in [1.165, 1.54) is 36.3 Å². The third kappa shape index (κ3) is 6.23. The van der Waals surface area contributed by atoms with Gasteiger partial charge in [0.2, 0.25) is 0 Å². The summed E-state index contributed by atoms with van der Waals surface area (Å²) in [5, 5.41) is -0.541. The van der Waals surface area contributed by atoms with Crippen LogP contribution in [0.4, 0.5) is 0 Å². The number of ether oxygens (including phenoxy) is 1. The molecule has 1 aromatic rings. The molecule has 0 aromatic heterocycles. The van der Waals surface area contributed by atoms with Crippen molar-refractivity contribution < 1.29 is 35.1 Å². The van der Waals surface area contributed by atoms with Crippen LogP contribution in [0.5, 0.6) is 0 Å². The monoisotopic (exact) mass is 546 g/mol. The number of carbonyl (C=O) groups is 1. The second kappa shape index (κ2) is 9.96. The van der Waals surface area contributed by atoms with E-state index in [0.717, 1.165) is 0 Å². The van der Waals surface area contributed by atoms with E-state index in [2.05, 4.69) is 45.0 Å². The minimum absolute atomic E-state index is 0.143. The molecule has 2 aliphatic heterocycles. The van der Waals surface area contributed by atoms with Crippen LogP contribution in [0.2, 0.25) is 0 Å². The van der Waals surface area contributed by atoms with Crippen LogP contribution in [0.25, 0.3) is 0 Å². The molecule has 2 saturated carbocycles. The minimum atomic E-state index is -4.70. The van der Waals surface area contributed by atoms with Crippen LogP contribution < -0.4 is 0 Å². The zero-order valence-electron chi connectivity index (χ0n) is 20.3. The van der Waals surface area contributed by atoms with Crippen molar-refractivity contribution in [3.05, 3.63) is 29.8 Å². The molecular weight excluding hydrogens is 512 g/mol. The Hall–Kier alpha value is -1.14. The van der Waals surface area contributed by atoms with Gasteiger partial charge in [-0.05, 0) is 55.2 Å². The molecule has 196 valence electrons. The minimum Gasteiger partial charge on any atom is -0.748 e. The number of hydrogen-bond donors (Lipinski definition) is 0. The normalized spacial score (nSPS) is 31.6. The highest BCUT2D eigenvalue weighted by Gasteiger charge is 2.65. The van der Waals surface area contributed by atoms with Crippen LogP contribution in [0.15, 0.2) is 29.2 Å². The third-order valence-electron chi connectivity index (χ3n) is 7.31. The van der Waals surface area contributed by atoms with Gasteiger partial charge in [0.25, 0.3) is 10.1 Å². The molecule has 5 rings (SSSR count). The number of hydrogen-bond acceptors (Lipinski definition) is 8. The fraction of sp³-hybridized carbons (Fsp3) is 0.708. The lowest BCUT2D eigenvalue weighted by Crippen LogP contribution is -2.38. The number of esters is 1. The number of carbonyl (C=O) groups excluding carboxylic acids is 1. The Morgan fingerprint density at radius 3 is 2.31 bits per heavy atom. The maximum atomic E-state index is 11.6. The van der Waals surface area contributed by atoms with Gasteiger partial charge in [-0.3, -0.25) is 8.98 Å². The Morgan fingerprint density at radius 1 is 1.11 bits per heavy atom. The fourth-order valence-corrected chi connectivity index (χ4v) is 10.1. The van der Waals surface area contributed by atoms with Gasteiger partial charge in [-0.15, -0.1) is 0 Å². The second-order valence-corrected chi connectivity index (χ2v) is 16.3. The summed E-state index contributed by atoms with van der Waals surface area (Å²) in [6, 6.07) is 9.40. The molecule has 4 fully saturated rings. The molecule has 5 atom stereocenters. The van der Waals surface area contributed by atoms with Crippen LogP contribution in [-0.2, 0) is 50.3 Å². The first kappa shape index (κ1) is 26.9. The van der Waals surface area contributed by atoms with Crippen LogP contribution in [0, 0.1) is 11.8 Å². The molecule has 5 unspecified atom stereocenters. The summed E-state index contributed by atoms with van der Waals surface area (Å²) in [5.41, 5.74) is 1.74. The lowest BCUT2D eigenvalue weighted by molar-refractivity contribution is -0.152. The van der Waals surface area contributed by atoms with Crippen molar-refractivity contribution in [3.8, 4) is 0 Å². The summed E-state index contributed by atoms with van der Waals surface area (Å²) >= 11 is 0. The molecule has 8 nitrogen and oxygen atoms in total. The Bertz CT molecular complexity index is 1130. The molecule has 11 heteroatoms. The average Bonchev–Trinajstić information content (AvgIpc) is 3.38. The first-order chi connectivity index (χ1) is 16.2. The molecule has 1 aromatic carbocycles. The highest BCUT2D eigenvalue weighted by atomic mass is 32.2. The van der Waals surface area contributed by atoms with Crippen molar-refractivity contribution in [3.63, 3.8) is 0 Å². The van der Waals surface area contributed by atoms with Gasteiger partial charge in [0.15, 0.2) is 4.90 Å². The van der Waals surface area contributed by atoms with Crippen LogP contribution in [0.3, 0.4) is 0 Å². The maximum absolute atomic E-state index is 11.6. The van der Waals surface area contributed by atoms with Crippen molar-refractivity contribution in [2.75, 3.05) is 17.3 Å². The molecule has 2 saturated heterocycles. The number of rotatable bonds is 4. The molecule has 0 N–H and O–H groups in total. The van der Waals surface area contributed by atoms with E-state index in [1.54, 1.807) is 4.90 Å². The predicted molar refractivity (Wildman–Crippen MR) is 133 cm³/mol. The molecule has 0 amide bonds. The summed E-state index contributed by atoms with van der Waals surface area (Å²) in [6.07, 6.45) is 3.75.